The second kappa shape index (κ2) is 6.87. The minimum Gasteiger partial charge on any atom is -1.00 e. The van der Waals surface area contributed by atoms with Crippen molar-refractivity contribution in [1.82, 2.24) is 4.98 Å². The van der Waals surface area contributed by atoms with Crippen LogP contribution in [0.3, 0.4) is 0 Å². The molecule has 0 amide bonds. The average Bonchev–Trinajstić information content (AvgIpc) is 3.07. The van der Waals surface area contributed by atoms with Gasteiger partial charge in [0.25, 0.3) is 0 Å². The van der Waals surface area contributed by atoms with E-state index in [0.717, 1.165) is 12.8 Å². The van der Waals surface area contributed by atoms with Crippen molar-refractivity contribution in [2.45, 2.75) is 18.8 Å². The fourth-order valence-corrected chi connectivity index (χ4v) is 3.71. The molecule has 2 aliphatic rings. The maximum Gasteiger partial charge on any atom is 3.00 e. The van der Waals surface area contributed by atoms with E-state index in [-0.39, 0.29) is 46.5 Å². The molecular weight excluding hydrogens is 361 g/mol. The molecule has 2 aromatic carbocycles. The van der Waals surface area contributed by atoms with Gasteiger partial charge in [-0.3, -0.25) is 0 Å². The Bertz CT molecular complexity index is 882. The monoisotopic (exact) mass is 374 g/mol. The number of fused-ring (bicyclic) bond motifs is 2. The van der Waals surface area contributed by atoms with Gasteiger partial charge in [0.05, 0.1) is 0 Å². The molecular formula is C19H14Cl2NTi. The number of halogens is 2. The van der Waals surface area contributed by atoms with E-state index in [9.17, 15) is 0 Å². The molecule has 5 rings (SSSR count). The van der Waals surface area contributed by atoms with Crippen molar-refractivity contribution in [2.75, 3.05) is 0 Å². The Morgan fingerprint density at radius 1 is 0.957 bits per heavy atom. The summed E-state index contributed by atoms with van der Waals surface area (Å²) in [5.41, 5.74) is 8.24. The predicted molar refractivity (Wildman–Crippen MR) is 81.9 cm³/mol. The number of nitrogens with one attached hydrogen (secondary N) is 1. The number of hydrogen-bond acceptors (Lipinski definition) is 0. The number of benzene rings is 2. The van der Waals surface area contributed by atoms with Crippen LogP contribution in [0.4, 0.5) is 0 Å². The van der Waals surface area contributed by atoms with Crippen molar-refractivity contribution in [3.05, 3.63) is 76.5 Å². The van der Waals surface area contributed by atoms with Crippen molar-refractivity contribution in [2.24, 2.45) is 0 Å². The zero-order valence-corrected chi connectivity index (χ0v) is 15.4. The molecule has 113 valence electrons. The van der Waals surface area contributed by atoms with Gasteiger partial charge < -0.3 is 29.8 Å². The van der Waals surface area contributed by atoms with Crippen LogP contribution in [0.15, 0.2) is 42.5 Å². The van der Waals surface area contributed by atoms with Crippen LogP contribution in [0, 0.1) is 6.07 Å². The second-order valence-electron chi connectivity index (χ2n) is 5.75. The summed E-state index contributed by atoms with van der Waals surface area (Å²) in [6.45, 7) is 0. The third-order valence-corrected chi connectivity index (χ3v) is 4.67. The third-order valence-electron chi connectivity index (χ3n) is 4.67. The van der Waals surface area contributed by atoms with Crippen LogP contribution >= 0.6 is 0 Å². The van der Waals surface area contributed by atoms with Gasteiger partial charge in [0, 0.05) is 5.92 Å². The van der Waals surface area contributed by atoms with Crippen molar-refractivity contribution in [3.63, 3.8) is 0 Å². The van der Waals surface area contributed by atoms with E-state index in [1.54, 1.807) is 0 Å². The molecule has 1 nitrogen and oxygen atoms in total. The molecule has 1 N–H and O–H groups in total. The molecule has 1 atom stereocenters. The predicted octanol–water partition coefficient (Wildman–Crippen LogP) is -1.77. The van der Waals surface area contributed by atoms with Crippen LogP contribution in [0.5, 0.6) is 0 Å². The van der Waals surface area contributed by atoms with Gasteiger partial charge in [-0.25, -0.2) is 0 Å². The topological polar surface area (TPSA) is 15.8 Å². The molecule has 3 aromatic rings. The average molecular weight is 375 g/mol. The summed E-state index contributed by atoms with van der Waals surface area (Å²) in [6.07, 6.45) is 6.82. The number of hydrogen-bond donors (Lipinski definition) is 1. The maximum atomic E-state index is 3.52. The molecule has 1 unspecified atom stereocenters. The van der Waals surface area contributed by atoms with Gasteiger partial charge >= 0.3 is 21.7 Å². The number of rotatable bonds is 1. The van der Waals surface area contributed by atoms with Gasteiger partial charge in [0.1, 0.15) is 0 Å². The third kappa shape index (κ3) is 2.70. The first-order valence-corrected chi connectivity index (χ1v) is 7.23. The van der Waals surface area contributed by atoms with Crippen molar-refractivity contribution in [1.29, 1.82) is 0 Å². The first-order valence-electron chi connectivity index (χ1n) is 7.23. The Kier molecular flexibility index (Phi) is 5.48. The van der Waals surface area contributed by atoms with Gasteiger partial charge in [0.2, 0.25) is 0 Å². The number of allylic oxidation sites excluding steroid dienone is 1. The minimum absolute atomic E-state index is 0. The van der Waals surface area contributed by atoms with Crippen LogP contribution < -0.4 is 24.8 Å². The van der Waals surface area contributed by atoms with E-state index in [4.69, 9.17) is 0 Å². The molecule has 0 aliphatic heterocycles. The molecule has 0 saturated carbocycles. The van der Waals surface area contributed by atoms with E-state index < -0.39 is 0 Å². The van der Waals surface area contributed by atoms with Gasteiger partial charge in [-0.05, 0) is 17.5 Å². The summed E-state index contributed by atoms with van der Waals surface area (Å²) < 4.78 is 0. The van der Waals surface area contributed by atoms with Crippen LogP contribution in [0.25, 0.3) is 17.0 Å². The summed E-state index contributed by atoms with van der Waals surface area (Å²) in [5, 5.41) is 1.31. The number of aromatic amines is 1. The normalized spacial score (nSPS) is 16.4. The summed E-state index contributed by atoms with van der Waals surface area (Å²) in [5.74, 6) is 0.412. The van der Waals surface area contributed by atoms with Gasteiger partial charge in [-0.1, -0.05) is 71.7 Å². The molecule has 0 fully saturated rings. The fraction of sp³-hybridized carbons (Fsp3) is 0.158. The summed E-state index contributed by atoms with van der Waals surface area (Å²) in [4.78, 5) is 3.46. The molecule has 0 saturated heterocycles. The molecule has 4 heteroatoms. The second-order valence-corrected chi connectivity index (χ2v) is 5.75. The van der Waals surface area contributed by atoms with E-state index in [0.29, 0.717) is 5.92 Å². The number of aromatic nitrogens is 1. The van der Waals surface area contributed by atoms with Crippen LogP contribution in [-0.2, 0) is 34.6 Å². The Morgan fingerprint density at radius 2 is 1.78 bits per heavy atom. The van der Waals surface area contributed by atoms with Crippen molar-refractivity contribution < 1.29 is 46.5 Å². The SMILES string of the molecule is [Cl-].[Cl-].[Ti+3].[c-]1c2[nH]c3ccc(C4C=Cc5ccccc54)c(c13)CC2. The summed E-state index contributed by atoms with van der Waals surface area (Å²) >= 11 is 0. The summed E-state index contributed by atoms with van der Waals surface area (Å²) in [7, 11) is 0. The van der Waals surface area contributed by atoms with E-state index in [1.807, 2.05) is 0 Å². The molecule has 0 spiro atoms. The molecule has 23 heavy (non-hydrogen) atoms. The zero-order chi connectivity index (χ0) is 13.1. The molecule has 2 aliphatic carbocycles. The van der Waals surface area contributed by atoms with Crippen molar-refractivity contribution in [3.8, 4) is 0 Å². The molecule has 2 bridgehead atoms. The Labute approximate surface area is 163 Å². The van der Waals surface area contributed by atoms with E-state index in [1.165, 1.54) is 38.9 Å². The van der Waals surface area contributed by atoms with Gasteiger partial charge in [-0.15, -0.1) is 5.56 Å². The zero-order valence-electron chi connectivity index (χ0n) is 12.4. The van der Waals surface area contributed by atoms with Gasteiger partial charge in [0.15, 0.2) is 0 Å². The first kappa shape index (κ1) is 18.4. The fourth-order valence-electron chi connectivity index (χ4n) is 3.71. The van der Waals surface area contributed by atoms with Gasteiger partial charge in [-0.2, -0.15) is 11.5 Å². The smallest absolute Gasteiger partial charge is 1.00 e. The number of aryl methyl sites for hydroxylation is 2. The maximum absolute atomic E-state index is 3.52. The Balaban J connectivity index is 0.000000640. The largest absolute Gasteiger partial charge is 3.00 e. The van der Waals surface area contributed by atoms with Crippen LogP contribution in [0.2, 0.25) is 0 Å². The Morgan fingerprint density at radius 3 is 2.65 bits per heavy atom. The van der Waals surface area contributed by atoms with E-state index in [2.05, 4.69) is 59.6 Å². The van der Waals surface area contributed by atoms with Crippen molar-refractivity contribution >= 4 is 17.0 Å². The first-order chi connectivity index (χ1) is 9.90. The standard InChI is InChI=1S/C19H14N.2ClH.Ti/c1-2-4-14-12(3-1)5-7-15(14)16-9-10-19-18-11-13(20-19)6-8-17(16)18;;;/h1-5,7,9-10,15,20H,6,8H2;2*1H;/q-1;;;+3/p-2. The number of H-pyrrole nitrogens is 1. The van der Waals surface area contributed by atoms with Crippen LogP contribution in [-0.4, -0.2) is 4.98 Å². The molecule has 1 radical (unpaired) electrons. The molecule has 1 heterocycles. The molecule has 1 aromatic heterocycles. The van der Waals surface area contributed by atoms with E-state index >= 15 is 0 Å². The van der Waals surface area contributed by atoms with Crippen LogP contribution in [0.1, 0.15) is 33.9 Å². The minimum atomic E-state index is 0. The quantitative estimate of drug-likeness (QED) is 0.383. The Hall–Kier alpha value is -0.986. The summed E-state index contributed by atoms with van der Waals surface area (Å²) in [6, 6.07) is 16.8.